The topological polar surface area (TPSA) is 75.6 Å². The molecule has 0 unspecified atom stereocenters. The monoisotopic (exact) mass is 375 g/mol. The van der Waals surface area contributed by atoms with Gasteiger partial charge in [-0.05, 0) is 44.8 Å². The number of nitrogens with one attached hydrogen (secondary N) is 2. The molecule has 0 aromatic carbocycles. The smallest absolute Gasteiger partial charge is 0.273 e. The summed E-state index contributed by atoms with van der Waals surface area (Å²) in [6.07, 6.45) is 1.88. The third kappa shape index (κ3) is 2.81. The van der Waals surface area contributed by atoms with Crippen LogP contribution in [0.3, 0.4) is 0 Å². The lowest BCUT2D eigenvalue weighted by Gasteiger charge is -2.00. The number of aromatic nitrogens is 4. The van der Waals surface area contributed by atoms with Crippen molar-refractivity contribution in [3.63, 3.8) is 0 Å². The fraction of sp³-hybridized carbons (Fsp3) is 0.300. The van der Waals surface area contributed by atoms with Gasteiger partial charge in [0.15, 0.2) is 5.69 Å². The number of nitrogens with zero attached hydrogens (tertiary/aromatic N) is 3. The molecule has 0 saturated carbocycles. The summed E-state index contributed by atoms with van der Waals surface area (Å²) in [6, 6.07) is 1.87. The summed E-state index contributed by atoms with van der Waals surface area (Å²) >= 11 is 6.50. The Morgan fingerprint density at radius 1 is 1.56 bits per heavy atom. The first-order valence-electron chi connectivity index (χ1n) is 5.31. The molecule has 8 heteroatoms. The van der Waals surface area contributed by atoms with Gasteiger partial charge in [-0.3, -0.25) is 14.6 Å². The van der Waals surface area contributed by atoms with Gasteiger partial charge in [0.2, 0.25) is 0 Å². The molecule has 0 bridgehead atoms. The number of halogens is 2. The molecule has 1 amide bonds. The zero-order valence-electron chi connectivity index (χ0n) is 9.57. The van der Waals surface area contributed by atoms with Crippen LogP contribution in [0.25, 0.3) is 0 Å². The highest BCUT2D eigenvalue weighted by molar-refractivity contribution is 9.13. The summed E-state index contributed by atoms with van der Waals surface area (Å²) in [7, 11) is 0. The Kier molecular flexibility index (Phi) is 4.18. The molecule has 0 aliphatic carbocycles. The van der Waals surface area contributed by atoms with Crippen LogP contribution in [-0.4, -0.2) is 25.9 Å². The Hall–Kier alpha value is -1.15. The van der Waals surface area contributed by atoms with Gasteiger partial charge in [0.1, 0.15) is 4.60 Å². The maximum Gasteiger partial charge on any atom is 0.273 e. The van der Waals surface area contributed by atoms with Crippen LogP contribution in [0.15, 0.2) is 21.3 Å². The van der Waals surface area contributed by atoms with Gasteiger partial charge in [-0.15, -0.1) is 0 Å². The molecule has 2 rings (SSSR count). The zero-order chi connectivity index (χ0) is 13.1. The first-order chi connectivity index (χ1) is 8.61. The molecule has 2 aromatic rings. The highest BCUT2D eigenvalue weighted by Gasteiger charge is 2.16. The highest BCUT2D eigenvalue weighted by atomic mass is 79.9. The molecule has 0 spiro atoms. The van der Waals surface area contributed by atoms with Crippen LogP contribution in [0.5, 0.6) is 0 Å². The van der Waals surface area contributed by atoms with Crippen molar-refractivity contribution in [3.8, 4) is 0 Å². The van der Waals surface area contributed by atoms with Gasteiger partial charge in [-0.2, -0.15) is 10.2 Å². The van der Waals surface area contributed by atoms with Gasteiger partial charge in [-0.1, -0.05) is 0 Å². The lowest BCUT2D eigenvalue weighted by molar-refractivity contribution is 0.0944. The standard InChI is InChI=1S/C10H11Br2N5O/c1-2-17-4-3-6(16-17)5-13-10(18)8-7(11)9(12)15-14-8/h3-4H,2,5H2,1H3,(H,13,18)(H,14,15). The lowest BCUT2D eigenvalue weighted by atomic mass is 10.4. The maximum atomic E-state index is 11.8. The number of hydrogen-bond acceptors (Lipinski definition) is 3. The van der Waals surface area contributed by atoms with Crippen LogP contribution in [0, 0.1) is 0 Å². The molecule has 96 valence electrons. The normalized spacial score (nSPS) is 10.6. The van der Waals surface area contributed by atoms with Crippen molar-refractivity contribution >= 4 is 37.8 Å². The molecule has 2 heterocycles. The van der Waals surface area contributed by atoms with Gasteiger partial charge in [-0.25, -0.2) is 0 Å². The fourth-order valence-electron chi connectivity index (χ4n) is 1.39. The predicted molar refractivity (Wildman–Crippen MR) is 73.1 cm³/mol. The van der Waals surface area contributed by atoms with E-state index in [1.807, 2.05) is 23.9 Å². The number of H-pyrrole nitrogens is 1. The Balaban J connectivity index is 1.98. The van der Waals surface area contributed by atoms with E-state index in [1.54, 1.807) is 0 Å². The van der Waals surface area contributed by atoms with Crippen molar-refractivity contribution in [2.75, 3.05) is 0 Å². The van der Waals surface area contributed by atoms with Crippen LogP contribution in [-0.2, 0) is 13.1 Å². The van der Waals surface area contributed by atoms with E-state index in [0.29, 0.717) is 21.3 Å². The predicted octanol–water partition coefficient (Wildman–Crippen LogP) is 2.08. The molecule has 0 radical (unpaired) electrons. The van der Waals surface area contributed by atoms with Gasteiger partial charge in [0.05, 0.1) is 16.7 Å². The molecular weight excluding hydrogens is 366 g/mol. The Morgan fingerprint density at radius 2 is 2.33 bits per heavy atom. The van der Waals surface area contributed by atoms with Crippen molar-refractivity contribution in [1.82, 2.24) is 25.3 Å². The fourth-order valence-corrected chi connectivity index (χ4v) is 2.02. The molecule has 2 aromatic heterocycles. The summed E-state index contributed by atoms with van der Waals surface area (Å²) in [5.74, 6) is -0.255. The van der Waals surface area contributed by atoms with E-state index in [-0.39, 0.29) is 5.91 Å². The molecule has 0 aliphatic rings. The van der Waals surface area contributed by atoms with Gasteiger partial charge < -0.3 is 5.32 Å². The third-order valence-electron chi connectivity index (χ3n) is 2.33. The van der Waals surface area contributed by atoms with Crippen molar-refractivity contribution in [3.05, 3.63) is 32.7 Å². The molecular formula is C10H11Br2N5O. The summed E-state index contributed by atoms with van der Waals surface area (Å²) < 4.78 is 3.06. The summed E-state index contributed by atoms with van der Waals surface area (Å²) in [6.45, 7) is 3.20. The van der Waals surface area contributed by atoms with Crippen LogP contribution in [0.4, 0.5) is 0 Å². The van der Waals surface area contributed by atoms with E-state index >= 15 is 0 Å². The molecule has 2 N–H and O–H groups in total. The van der Waals surface area contributed by atoms with Crippen LogP contribution in [0.2, 0.25) is 0 Å². The highest BCUT2D eigenvalue weighted by Crippen LogP contribution is 2.23. The third-order valence-corrected chi connectivity index (χ3v) is 4.21. The number of carbonyl (C=O) groups excluding carboxylic acids is 1. The minimum Gasteiger partial charge on any atom is -0.345 e. The minimum absolute atomic E-state index is 0.255. The average molecular weight is 377 g/mol. The lowest BCUT2D eigenvalue weighted by Crippen LogP contribution is -2.23. The Labute approximate surface area is 120 Å². The van der Waals surface area contributed by atoms with Crippen LogP contribution < -0.4 is 5.32 Å². The number of rotatable bonds is 4. The number of hydrogen-bond donors (Lipinski definition) is 2. The molecule has 0 saturated heterocycles. The van der Waals surface area contributed by atoms with E-state index in [0.717, 1.165) is 12.2 Å². The SMILES string of the molecule is CCn1ccc(CNC(=O)c2n[nH]c(Br)c2Br)n1. The van der Waals surface area contributed by atoms with E-state index in [9.17, 15) is 4.79 Å². The first kappa shape index (κ1) is 13.3. The van der Waals surface area contributed by atoms with Crippen molar-refractivity contribution in [2.45, 2.75) is 20.0 Å². The van der Waals surface area contributed by atoms with Crippen molar-refractivity contribution in [1.29, 1.82) is 0 Å². The molecule has 6 nitrogen and oxygen atoms in total. The number of aromatic amines is 1. The second-order valence-electron chi connectivity index (χ2n) is 3.55. The number of carbonyl (C=O) groups is 1. The zero-order valence-corrected chi connectivity index (χ0v) is 12.7. The second kappa shape index (κ2) is 5.66. The largest absolute Gasteiger partial charge is 0.345 e. The van der Waals surface area contributed by atoms with E-state index in [1.165, 1.54) is 0 Å². The van der Waals surface area contributed by atoms with Crippen LogP contribution in [0.1, 0.15) is 23.1 Å². The first-order valence-corrected chi connectivity index (χ1v) is 6.90. The van der Waals surface area contributed by atoms with Gasteiger partial charge in [0.25, 0.3) is 5.91 Å². The number of aryl methyl sites for hydroxylation is 1. The van der Waals surface area contributed by atoms with Gasteiger partial charge >= 0.3 is 0 Å². The average Bonchev–Trinajstić information content (AvgIpc) is 2.95. The Bertz CT molecular complexity index is 562. The second-order valence-corrected chi connectivity index (χ2v) is 5.13. The van der Waals surface area contributed by atoms with E-state index < -0.39 is 0 Å². The van der Waals surface area contributed by atoms with Gasteiger partial charge in [0, 0.05) is 12.7 Å². The Morgan fingerprint density at radius 3 is 2.89 bits per heavy atom. The quantitative estimate of drug-likeness (QED) is 0.857. The molecule has 0 fully saturated rings. The van der Waals surface area contributed by atoms with Crippen molar-refractivity contribution in [2.24, 2.45) is 0 Å². The molecule has 0 aliphatic heterocycles. The molecule has 0 atom stereocenters. The van der Waals surface area contributed by atoms with E-state index in [4.69, 9.17) is 0 Å². The molecule has 18 heavy (non-hydrogen) atoms. The van der Waals surface area contributed by atoms with Crippen molar-refractivity contribution < 1.29 is 4.79 Å². The van der Waals surface area contributed by atoms with Crippen LogP contribution >= 0.6 is 31.9 Å². The maximum absolute atomic E-state index is 11.8. The summed E-state index contributed by atoms with van der Waals surface area (Å²) in [5, 5.41) is 13.6. The minimum atomic E-state index is -0.255. The summed E-state index contributed by atoms with van der Waals surface area (Å²) in [4.78, 5) is 11.8. The van der Waals surface area contributed by atoms with E-state index in [2.05, 4.69) is 52.5 Å². The number of amides is 1. The summed E-state index contributed by atoms with van der Waals surface area (Å²) in [5.41, 5.74) is 1.13.